The van der Waals surface area contributed by atoms with Crippen molar-refractivity contribution < 1.29 is 4.79 Å². The first-order valence-electron chi connectivity index (χ1n) is 12.5. The van der Waals surface area contributed by atoms with Crippen molar-refractivity contribution in [1.29, 1.82) is 5.26 Å². The van der Waals surface area contributed by atoms with Gasteiger partial charge in [-0.3, -0.25) is 9.48 Å². The lowest BCUT2D eigenvalue weighted by molar-refractivity contribution is -0.130. The van der Waals surface area contributed by atoms with Crippen molar-refractivity contribution in [2.24, 2.45) is 7.05 Å². The fourth-order valence-corrected chi connectivity index (χ4v) is 4.95. The summed E-state index contributed by atoms with van der Waals surface area (Å²) in [5.74, 6) is 1.03. The van der Waals surface area contributed by atoms with E-state index in [9.17, 15) is 10.1 Å². The molecule has 0 N–H and O–H groups in total. The van der Waals surface area contributed by atoms with Crippen LogP contribution in [0.3, 0.4) is 0 Å². The van der Waals surface area contributed by atoms with Crippen LogP contribution in [0.25, 0.3) is 27.8 Å². The minimum atomic E-state index is 0.158. The van der Waals surface area contributed by atoms with E-state index in [1.165, 1.54) is 0 Å². The molecule has 0 atom stereocenters. The van der Waals surface area contributed by atoms with Gasteiger partial charge in [-0.1, -0.05) is 30.3 Å². The average molecular weight is 503 g/mol. The van der Waals surface area contributed by atoms with Crippen LogP contribution in [0.4, 0.5) is 5.82 Å². The molecule has 0 saturated carbocycles. The highest BCUT2D eigenvalue weighted by Crippen LogP contribution is 2.32. The van der Waals surface area contributed by atoms with Gasteiger partial charge in [-0.15, -0.1) is 0 Å². The Balaban J connectivity index is 1.22. The van der Waals surface area contributed by atoms with Crippen LogP contribution < -0.4 is 4.90 Å². The standard InChI is InChI=1S/C29H26N8O/c1-34-19-25(18-32-34)23-14-26(29-24(15-30)17-33-37(29)20-23)22-7-8-27(31-16-22)35-9-11-36(12-10-35)28(38)13-21-5-3-2-4-6-21/h2-8,14,16-20H,9-13H2,1H3. The van der Waals surface area contributed by atoms with E-state index in [2.05, 4.69) is 27.2 Å². The molecule has 1 amide bonds. The molecule has 0 aliphatic carbocycles. The molecule has 9 heteroatoms. The van der Waals surface area contributed by atoms with Gasteiger partial charge in [0.25, 0.3) is 0 Å². The molecule has 0 radical (unpaired) electrons. The Bertz CT molecular complexity index is 1640. The SMILES string of the molecule is Cn1cc(-c2cc(-c3ccc(N4CCN(C(=O)Cc5ccccc5)CC4)nc3)c3c(C#N)cnn3c2)cn1. The summed E-state index contributed by atoms with van der Waals surface area (Å²) in [5, 5.41) is 18.4. The fourth-order valence-electron chi connectivity index (χ4n) is 4.95. The number of rotatable bonds is 5. The van der Waals surface area contributed by atoms with Gasteiger partial charge in [0.05, 0.1) is 29.9 Å². The van der Waals surface area contributed by atoms with Crippen molar-refractivity contribution in [3.63, 3.8) is 0 Å². The van der Waals surface area contributed by atoms with Crippen LogP contribution >= 0.6 is 0 Å². The number of hydrogen-bond acceptors (Lipinski definition) is 6. The highest BCUT2D eigenvalue weighted by molar-refractivity contribution is 5.87. The van der Waals surface area contributed by atoms with Crippen LogP contribution in [0.2, 0.25) is 0 Å². The van der Waals surface area contributed by atoms with Crippen molar-refractivity contribution in [2.75, 3.05) is 31.1 Å². The first-order chi connectivity index (χ1) is 18.6. The van der Waals surface area contributed by atoms with Crippen molar-refractivity contribution in [3.8, 4) is 28.3 Å². The number of aromatic nitrogens is 5. The summed E-state index contributed by atoms with van der Waals surface area (Å²) in [4.78, 5) is 21.6. The summed E-state index contributed by atoms with van der Waals surface area (Å²) in [6.07, 6.45) is 9.54. The third-order valence-electron chi connectivity index (χ3n) is 6.98. The molecule has 38 heavy (non-hydrogen) atoms. The van der Waals surface area contributed by atoms with Gasteiger partial charge < -0.3 is 9.80 Å². The number of piperazine rings is 1. The normalized spacial score (nSPS) is 13.6. The number of carbonyl (C=O) groups excluding carboxylic acids is 1. The number of hydrogen-bond donors (Lipinski definition) is 0. The quantitative estimate of drug-likeness (QED) is 0.365. The van der Waals surface area contributed by atoms with E-state index < -0.39 is 0 Å². The van der Waals surface area contributed by atoms with Crippen molar-refractivity contribution in [3.05, 3.63) is 90.6 Å². The number of pyridine rings is 2. The van der Waals surface area contributed by atoms with Gasteiger partial charge in [-0.2, -0.15) is 15.5 Å². The second-order valence-corrected chi connectivity index (χ2v) is 9.44. The molecule has 5 aromatic rings. The van der Waals surface area contributed by atoms with Gasteiger partial charge >= 0.3 is 0 Å². The Kier molecular flexibility index (Phi) is 6.06. The number of nitriles is 1. The maximum atomic E-state index is 12.7. The number of anilines is 1. The van der Waals surface area contributed by atoms with E-state index >= 15 is 0 Å². The molecule has 1 aromatic carbocycles. The molecule has 5 heterocycles. The zero-order valence-electron chi connectivity index (χ0n) is 21.0. The minimum Gasteiger partial charge on any atom is -0.353 e. The van der Waals surface area contributed by atoms with Gasteiger partial charge in [0.1, 0.15) is 11.9 Å². The van der Waals surface area contributed by atoms with Crippen LogP contribution in [0.1, 0.15) is 11.1 Å². The van der Waals surface area contributed by atoms with E-state index in [1.807, 2.05) is 79.2 Å². The summed E-state index contributed by atoms with van der Waals surface area (Å²) < 4.78 is 3.50. The topological polar surface area (TPSA) is 95.3 Å². The van der Waals surface area contributed by atoms with Crippen LogP contribution in [-0.2, 0) is 18.3 Å². The zero-order valence-corrected chi connectivity index (χ0v) is 21.0. The monoisotopic (exact) mass is 502 g/mol. The highest BCUT2D eigenvalue weighted by Gasteiger charge is 2.22. The molecule has 0 bridgehead atoms. The largest absolute Gasteiger partial charge is 0.353 e. The summed E-state index contributed by atoms with van der Waals surface area (Å²) in [5.41, 5.74) is 6.01. The van der Waals surface area contributed by atoms with Gasteiger partial charge in [0, 0.05) is 74.1 Å². The van der Waals surface area contributed by atoms with E-state index in [4.69, 9.17) is 4.98 Å². The maximum Gasteiger partial charge on any atom is 0.227 e. The Hall–Kier alpha value is -4.97. The first kappa shape index (κ1) is 23.4. The van der Waals surface area contributed by atoms with E-state index in [0.717, 1.165) is 52.2 Å². The Labute approximate surface area is 220 Å². The summed E-state index contributed by atoms with van der Waals surface area (Å²) in [7, 11) is 1.88. The highest BCUT2D eigenvalue weighted by atomic mass is 16.2. The number of benzene rings is 1. The second kappa shape index (κ2) is 9.82. The predicted octanol–water partition coefficient (Wildman–Crippen LogP) is 3.56. The molecule has 0 spiro atoms. The summed E-state index contributed by atoms with van der Waals surface area (Å²) >= 11 is 0. The number of nitrogens with zero attached hydrogens (tertiary/aromatic N) is 8. The molecular formula is C29H26N8O. The molecule has 1 aliphatic heterocycles. The van der Waals surface area contributed by atoms with Crippen LogP contribution in [0.5, 0.6) is 0 Å². The number of carbonyl (C=O) groups is 1. The summed E-state index contributed by atoms with van der Waals surface area (Å²) in [6.45, 7) is 2.80. The van der Waals surface area contributed by atoms with Crippen LogP contribution in [0, 0.1) is 11.3 Å². The Morgan fingerprint density at radius 1 is 0.921 bits per heavy atom. The molecule has 9 nitrogen and oxygen atoms in total. The van der Waals surface area contributed by atoms with Gasteiger partial charge in [-0.05, 0) is 23.8 Å². The Morgan fingerprint density at radius 2 is 1.74 bits per heavy atom. The molecule has 1 fully saturated rings. The van der Waals surface area contributed by atoms with Crippen molar-refractivity contribution in [1.82, 2.24) is 29.3 Å². The molecule has 1 aliphatic rings. The molecule has 1 saturated heterocycles. The molecule has 6 rings (SSSR count). The predicted molar refractivity (Wildman–Crippen MR) is 144 cm³/mol. The number of fused-ring (bicyclic) bond motifs is 1. The second-order valence-electron chi connectivity index (χ2n) is 9.44. The van der Waals surface area contributed by atoms with Crippen LogP contribution in [0.15, 0.2) is 79.5 Å². The zero-order chi connectivity index (χ0) is 26.1. The van der Waals surface area contributed by atoms with Crippen molar-refractivity contribution >= 4 is 17.2 Å². The van der Waals surface area contributed by atoms with Crippen LogP contribution in [-0.4, -0.2) is 61.4 Å². The van der Waals surface area contributed by atoms with Gasteiger partial charge in [0.2, 0.25) is 5.91 Å². The molecular weight excluding hydrogens is 476 g/mol. The number of aryl methyl sites for hydroxylation is 1. The van der Waals surface area contributed by atoms with Gasteiger partial charge in [0.15, 0.2) is 0 Å². The Morgan fingerprint density at radius 3 is 2.42 bits per heavy atom. The molecule has 188 valence electrons. The lowest BCUT2D eigenvalue weighted by Crippen LogP contribution is -2.49. The number of amides is 1. The lowest BCUT2D eigenvalue weighted by atomic mass is 10.0. The maximum absolute atomic E-state index is 12.7. The fraction of sp³-hybridized carbons (Fsp3) is 0.207. The van der Waals surface area contributed by atoms with E-state index in [-0.39, 0.29) is 5.91 Å². The van der Waals surface area contributed by atoms with E-state index in [0.29, 0.717) is 25.1 Å². The minimum absolute atomic E-state index is 0.158. The van der Waals surface area contributed by atoms with E-state index in [1.54, 1.807) is 15.4 Å². The molecule has 4 aromatic heterocycles. The summed E-state index contributed by atoms with van der Waals surface area (Å²) in [6, 6.07) is 18.2. The third-order valence-corrected chi connectivity index (χ3v) is 6.98. The first-order valence-corrected chi connectivity index (χ1v) is 12.5. The van der Waals surface area contributed by atoms with Crippen molar-refractivity contribution in [2.45, 2.75) is 6.42 Å². The molecule has 0 unspecified atom stereocenters. The van der Waals surface area contributed by atoms with Gasteiger partial charge in [-0.25, -0.2) is 9.50 Å². The lowest BCUT2D eigenvalue weighted by Gasteiger charge is -2.35. The smallest absolute Gasteiger partial charge is 0.227 e. The average Bonchev–Trinajstić information content (AvgIpc) is 3.59. The third kappa shape index (κ3) is 4.48.